The maximum atomic E-state index is 6.22. The Kier molecular flexibility index (Phi) is 3.46. The van der Waals surface area contributed by atoms with Crippen LogP contribution < -0.4 is 4.90 Å². The van der Waals surface area contributed by atoms with Gasteiger partial charge in [0.15, 0.2) is 0 Å². The van der Waals surface area contributed by atoms with E-state index >= 15 is 0 Å². The molecule has 0 spiro atoms. The molecule has 0 unspecified atom stereocenters. The van der Waals surface area contributed by atoms with Crippen LogP contribution in [-0.2, 0) is 19.4 Å². The van der Waals surface area contributed by atoms with Crippen LogP contribution in [0.25, 0.3) is 0 Å². The molecule has 0 saturated heterocycles. The molecule has 0 saturated carbocycles. The van der Waals surface area contributed by atoms with Gasteiger partial charge in [0.1, 0.15) is 16.8 Å². The van der Waals surface area contributed by atoms with Gasteiger partial charge in [-0.25, -0.2) is 9.97 Å². The lowest BCUT2D eigenvalue weighted by Gasteiger charge is -2.29. The van der Waals surface area contributed by atoms with Crippen LogP contribution in [0.15, 0.2) is 11.4 Å². The van der Waals surface area contributed by atoms with E-state index in [0.29, 0.717) is 5.15 Å². The zero-order valence-corrected chi connectivity index (χ0v) is 12.7. The van der Waals surface area contributed by atoms with Gasteiger partial charge in [0.2, 0.25) is 0 Å². The van der Waals surface area contributed by atoms with Crippen LogP contribution in [0.4, 0.5) is 5.82 Å². The Morgan fingerprint density at radius 1 is 1.42 bits per heavy atom. The average molecular weight is 294 g/mol. The Hall–Kier alpha value is -1.13. The van der Waals surface area contributed by atoms with Crippen molar-refractivity contribution in [2.24, 2.45) is 0 Å². The van der Waals surface area contributed by atoms with Gasteiger partial charge in [-0.15, -0.1) is 11.3 Å². The first-order valence-corrected chi connectivity index (χ1v) is 7.78. The number of halogens is 1. The summed E-state index contributed by atoms with van der Waals surface area (Å²) in [5.74, 6) is 1.82. The van der Waals surface area contributed by atoms with Crippen LogP contribution in [0.5, 0.6) is 0 Å². The number of nitrogens with zero attached hydrogens (tertiary/aromatic N) is 3. The second-order valence-electron chi connectivity index (χ2n) is 4.77. The van der Waals surface area contributed by atoms with E-state index in [1.54, 1.807) is 0 Å². The lowest BCUT2D eigenvalue weighted by atomic mass is 10.1. The summed E-state index contributed by atoms with van der Waals surface area (Å²) < 4.78 is 0. The first-order chi connectivity index (χ1) is 9.19. The maximum absolute atomic E-state index is 6.22. The summed E-state index contributed by atoms with van der Waals surface area (Å²) in [4.78, 5) is 12.8. The number of aromatic nitrogens is 2. The Bertz CT molecular complexity index is 609. The summed E-state index contributed by atoms with van der Waals surface area (Å²) in [5.41, 5.74) is 2.40. The second-order valence-corrected chi connectivity index (χ2v) is 6.13. The van der Waals surface area contributed by atoms with Crippen LogP contribution >= 0.6 is 22.9 Å². The minimum absolute atomic E-state index is 0.581. The van der Waals surface area contributed by atoms with Gasteiger partial charge in [-0.2, -0.15) is 0 Å². The summed E-state index contributed by atoms with van der Waals surface area (Å²) in [5, 5.41) is 2.75. The molecule has 0 bridgehead atoms. The maximum Gasteiger partial charge on any atom is 0.137 e. The highest BCUT2D eigenvalue weighted by atomic mass is 35.5. The number of thiophene rings is 1. The fourth-order valence-electron chi connectivity index (χ4n) is 2.42. The molecule has 1 aliphatic heterocycles. The van der Waals surface area contributed by atoms with Crippen LogP contribution in [0.3, 0.4) is 0 Å². The molecule has 0 aromatic carbocycles. The molecule has 0 atom stereocenters. The molecular formula is C14H16ClN3S. The minimum atomic E-state index is 0.581. The highest BCUT2D eigenvalue weighted by Gasteiger charge is 2.21. The van der Waals surface area contributed by atoms with E-state index in [0.717, 1.165) is 43.1 Å². The van der Waals surface area contributed by atoms with E-state index in [1.165, 1.54) is 10.4 Å². The zero-order chi connectivity index (χ0) is 13.4. The molecule has 3 heterocycles. The van der Waals surface area contributed by atoms with Gasteiger partial charge in [-0.05, 0) is 30.4 Å². The van der Waals surface area contributed by atoms with Crippen molar-refractivity contribution in [3.63, 3.8) is 0 Å². The second kappa shape index (κ2) is 5.10. The molecule has 1 aliphatic rings. The van der Waals surface area contributed by atoms with Crippen molar-refractivity contribution in [2.45, 2.75) is 33.2 Å². The molecule has 0 N–H and O–H groups in total. The van der Waals surface area contributed by atoms with Crippen LogP contribution in [0.1, 0.15) is 28.8 Å². The van der Waals surface area contributed by atoms with Crippen molar-refractivity contribution >= 4 is 28.8 Å². The van der Waals surface area contributed by atoms with Gasteiger partial charge in [-0.1, -0.05) is 18.5 Å². The number of fused-ring (bicyclic) bond motifs is 1. The van der Waals surface area contributed by atoms with Crippen molar-refractivity contribution in [3.8, 4) is 0 Å². The third-order valence-electron chi connectivity index (χ3n) is 3.53. The van der Waals surface area contributed by atoms with Crippen molar-refractivity contribution in [1.82, 2.24) is 9.97 Å². The monoisotopic (exact) mass is 293 g/mol. The van der Waals surface area contributed by atoms with Gasteiger partial charge in [0.25, 0.3) is 0 Å². The predicted octanol–water partition coefficient (Wildman–Crippen LogP) is 3.63. The number of hydrogen-bond donors (Lipinski definition) is 0. The molecule has 0 fully saturated rings. The molecule has 0 amide bonds. The largest absolute Gasteiger partial charge is 0.352 e. The zero-order valence-electron chi connectivity index (χ0n) is 11.1. The summed E-state index contributed by atoms with van der Waals surface area (Å²) in [6.07, 6.45) is 1.90. The number of rotatable bonds is 2. The fourth-order valence-corrected chi connectivity index (χ4v) is 3.49. The summed E-state index contributed by atoms with van der Waals surface area (Å²) in [6, 6.07) is 2.21. The Balaban J connectivity index is 1.97. The average Bonchev–Trinajstić information content (AvgIpc) is 2.88. The van der Waals surface area contributed by atoms with E-state index in [2.05, 4.69) is 33.2 Å². The first-order valence-electron chi connectivity index (χ1n) is 6.52. The van der Waals surface area contributed by atoms with E-state index in [4.69, 9.17) is 11.6 Å². The first kappa shape index (κ1) is 12.9. The molecule has 3 nitrogen and oxygen atoms in total. The molecule has 0 aliphatic carbocycles. The van der Waals surface area contributed by atoms with Crippen molar-refractivity contribution in [1.29, 1.82) is 0 Å². The number of hydrogen-bond acceptors (Lipinski definition) is 4. The van der Waals surface area contributed by atoms with E-state index in [9.17, 15) is 0 Å². The molecule has 0 radical (unpaired) electrons. The smallest absolute Gasteiger partial charge is 0.137 e. The van der Waals surface area contributed by atoms with Gasteiger partial charge in [-0.3, -0.25) is 0 Å². The molecule has 2 aromatic heterocycles. The van der Waals surface area contributed by atoms with Crippen molar-refractivity contribution < 1.29 is 0 Å². The number of aryl methyl sites for hydroxylation is 1. The minimum Gasteiger partial charge on any atom is -0.352 e. The van der Waals surface area contributed by atoms with Gasteiger partial charge in [0, 0.05) is 30.0 Å². The van der Waals surface area contributed by atoms with Gasteiger partial charge < -0.3 is 4.90 Å². The molecule has 2 aromatic rings. The van der Waals surface area contributed by atoms with E-state index < -0.39 is 0 Å². The van der Waals surface area contributed by atoms with Crippen LogP contribution in [0.2, 0.25) is 5.15 Å². The summed E-state index contributed by atoms with van der Waals surface area (Å²) in [6.45, 7) is 5.99. The van der Waals surface area contributed by atoms with Crippen LogP contribution in [0, 0.1) is 6.92 Å². The standard InChI is InChI=1S/C14H16ClN3S/c1-3-12-16-13(15)9(2)14(17-12)18-6-4-11-10(8-18)5-7-19-11/h5,7H,3-4,6,8H2,1-2H3. The molecule has 19 heavy (non-hydrogen) atoms. The van der Waals surface area contributed by atoms with Crippen molar-refractivity contribution in [2.75, 3.05) is 11.4 Å². The van der Waals surface area contributed by atoms with E-state index in [1.807, 2.05) is 18.3 Å². The Morgan fingerprint density at radius 2 is 2.26 bits per heavy atom. The summed E-state index contributed by atoms with van der Waals surface area (Å²) >= 11 is 8.07. The third kappa shape index (κ3) is 2.35. The quantitative estimate of drug-likeness (QED) is 0.792. The van der Waals surface area contributed by atoms with E-state index in [-0.39, 0.29) is 0 Å². The van der Waals surface area contributed by atoms with Gasteiger partial charge >= 0.3 is 0 Å². The lowest BCUT2D eigenvalue weighted by Crippen LogP contribution is -2.31. The SMILES string of the molecule is CCc1nc(Cl)c(C)c(N2CCc3sccc3C2)n1. The molecule has 5 heteroatoms. The topological polar surface area (TPSA) is 29.0 Å². The Morgan fingerprint density at radius 3 is 3.05 bits per heavy atom. The van der Waals surface area contributed by atoms with Crippen LogP contribution in [-0.4, -0.2) is 16.5 Å². The lowest BCUT2D eigenvalue weighted by molar-refractivity contribution is 0.721. The highest BCUT2D eigenvalue weighted by molar-refractivity contribution is 7.10. The number of anilines is 1. The third-order valence-corrected chi connectivity index (χ3v) is 4.92. The fraction of sp³-hybridized carbons (Fsp3) is 0.429. The molecule has 3 rings (SSSR count). The van der Waals surface area contributed by atoms with Gasteiger partial charge in [0.05, 0.1) is 0 Å². The molecule has 100 valence electrons. The molecular weight excluding hydrogens is 278 g/mol. The van der Waals surface area contributed by atoms with Crippen molar-refractivity contribution in [3.05, 3.63) is 38.4 Å². The highest BCUT2D eigenvalue weighted by Crippen LogP contribution is 2.30. The predicted molar refractivity (Wildman–Crippen MR) is 80.2 cm³/mol. The normalized spacial score (nSPS) is 14.6. The summed E-state index contributed by atoms with van der Waals surface area (Å²) in [7, 11) is 0. The Labute approximate surface area is 122 Å².